The van der Waals surface area contributed by atoms with Crippen LogP contribution in [0.2, 0.25) is 0 Å². The number of allylic oxidation sites excluding steroid dienone is 4. The van der Waals surface area contributed by atoms with Crippen molar-refractivity contribution in [1.29, 1.82) is 0 Å². The fourth-order valence-electron chi connectivity index (χ4n) is 2.31. The molecule has 0 amide bonds. The third-order valence-corrected chi connectivity index (χ3v) is 3.08. The van der Waals surface area contributed by atoms with Crippen molar-refractivity contribution in [1.82, 2.24) is 0 Å². The van der Waals surface area contributed by atoms with Crippen LogP contribution in [0.1, 0.15) is 18.9 Å². The summed E-state index contributed by atoms with van der Waals surface area (Å²) in [4.78, 5) is 14.9. The maximum Gasteiger partial charge on any atom is 0.270 e. The number of non-ortho nitro benzene ring substituents is 1. The first kappa shape index (κ1) is 9.96. The standard InChI is InChI=1S/C13H10N2O2/c1-8-3-2-4-12-13(8)10-7-9(15(16)17)5-6-11(10)14-12/h2-3,5-7H,4H2,1H3. The number of nitrogens with zero attached hydrogens (tertiary/aromatic N) is 2. The highest BCUT2D eigenvalue weighted by Crippen LogP contribution is 2.41. The fourth-order valence-corrected chi connectivity index (χ4v) is 2.31. The van der Waals surface area contributed by atoms with Gasteiger partial charge in [-0.15, -0.1) is 0 Å². The summed E-state index contributed by atoms with van der Waals surface area (Å²) in [5, 5.41) is 10.8. The number of nitro groups is 1. The molecule has 0 fully saturated rings. The molecule has 3 rings (SSSR count). The van der Waals surface area contributed by atoms with Crippen molar-refractivity contribution in [3.63, 3.8) is 0 Å². The minimum absolute atomic E-state index is 0.120. The zero-order valence-corrected chi connectivity index (χ0v) is 9.30. The van der Waals surface area contributed by atoms with Crippen LogP contribution in [0.3, 0.4) is 0 Å². The fraction of sp³-hybridized carbons (Fsp3) is 0.154. The molecule has 0 unspecified atom stereocenters. The van der Waals surface area contributed by atoms with Crippen LogP contribution in [0.4, 0.5) is 11.4 Å². The Balaban J connectivity index is 2.23. The molecule has 1 aliphatic carbocycles. The first-order chi connectivity index (χ1) is 8.16. The molecular formula is C13H10N2O2. The predicted molar refractivity (Wildman–Crippen MR) is 66.5 cm³/mol. The number of nitro benzene ring substituents is 1. The van der Waals surface area contributed by atoms with Gasteiger partial charge < -0.3 is 0 Å². The lowest BCUT2D eigenvalue weighted by molar-refractivity contribution is -0.384. The predicted octanol–water partition coefficient (Wildman–Crippen LogP) is 3.41. The highest BCUT2D eigenvalue weighted by atomic mass is 16.6. The van der Waals surface area contributed by atoms with E-state index in [2.05, 4.69) is 11.1 Å². The van der Waals surface area contributed by atoms with Crippen molar-refractivity contribution in [2.75, 3.05) is 0 Å². The van der Waals surface area contributed by atoms with Crippen molar-refractivity contribution in [3.8, 4) is 0 Å². The molecule has 2 aliphatic rings. The van der Waals surface area contributed by atoms with Gasteiger partial charge in [-0.05, 0) is 18.6 Å². The van der Waals surface area contributed by atoms with E-state index in [0.29, 0.717) is 0 Å². The SMILES string of the molecule is CC1=C2C(=Nc3ccc([N+](=O)[O-])cc32)CC=C1. The number of hydrogen-bond donors (Lipinski definition) is 0. The second-order valence-corrected chi connectivity index (χ2v) is 4.18. The van der Waals surface area contributed by atoms with Crippen LogP contribution in [-0.2, 0) is 0 Å². The van der Waals surface area contributed by atoms with Crippen LogP contribution in [-0.4, -0.2) is 10.6 Å². The highest BCUT2D eigenvalue weighted by Gasteiger charge is 2.25. The second kappa shape index (κ2) is 3.38. The van der Waals surface area contributed by atoms with E-state index in [1.165, 1.54) is 6.07 Å². The quantitative estimate of drug-likeness (QED) is 0.544. The number of benzene rings is 1. The Bertz CT molecular complexity index is 624. The zero-order chi connectivity index (χ0) is 12.0. The topological polar surface area (TPSA) is 55.5 Å². The van der Waals surface area contributed by atoms with Gasteiger partial charge in [-0.1, -0.05) is 12.2 Å². The van der Waals surface area contributed by atoms with E-state index in [-0.39, 0.29) is 10.6 Å². The van der Waals surface area contributed by atoms with Crippen LogP contribution in [0, 0.1) is 10.1 Å². The molecule has 17 heavy (non-hydrogen) atoms. The Kier molecular flexibility index (Phi) is 1.98. The van der Waals surface area contributed by atoms with Gasteiger partial charge in [0.15, 0.2) is 0 Å². The summed E-state index contributed by atoms with van der Waals surface area (Å²) in [5.74, 6) is 0. The van der Waals surface area contributed by atoms with E-state index in [4.69, 9.17) is 0 Å². The van der Waals surface area contributed by atoms with Crippen molar-refractivity contribution in [2.45, 2.75) is 13.3 Å². The molecule has 1 aromatic rings. The highest BCUT2D eigenvalue weighted by molar-refractivity contribution is 6.31. The number of hydrogen-bond acceptors (Lipinski definition) is 3. The Labute approximate surface area is 98.1 Å². The second-order valence-electron chi connectivity index (χ2n) is 4.18. The lowest BCUT2D eigenvalue weighted by atomic mass is 9.92. The van der Waals surface area contributed by atoms with Crippen molar-refractivity contribution in [2.24, 2.45) is 4.99 Å². The Morgan fingerprint density at radius 1 is 1.41 bits per heavy atom. The molecule has 0 saturated heterocycles. The smallest absolute Gasteiger partial charge is 0.258 e. The van der Waals surface area contributed by atoms with E-state index < -0.39 is 0 Å². The van der Waals surface area contributed by atoms with Crippen LogP contribution >= 0.6 is 0 Å². The first-order valence-electron chi connectivity index (χ1n) is 5.41. The Hall–Kier alpha value is -2.23. The molecule has 1 aromatic carbocycles. The average molecular weight is 226 g/mol. The molecule has 4 nitrogen and oxygen atoms in total. The van der Waals surface area contributed by atoms with E-state index in [1.54, 1.807) is 12.1 Å². The molecule has 84 valence electrons. The molecule has 0 saturated carbocycles. The maximum absolute atomic E-state index is 10.8. The molecule has 0 aromatic heterocycles. The normalized spacial score (nSPS) is 16.6. The molecule has 0 atom stereocenters. The maximum atomic E-state index is 10.8. The van der Waals surface area contributed by atoms with Gasteiger partial charge in [0.1, 0.15) is 0 Å². The van der Waals surface area contributed by atoms with Gasteiger partial charge >= 0.3 is 0 Å². The molecule has 0 spiro atoms. The third-order valence-electron chi connectivity index (χ3n) is 3.08. The summed E-state index contributed by atoms with van der Waals surface area (Å²) in [6, 6.07) is 4.84. The van der Waals surface area contributed by atoms with Crippen LogP contribution in [0.5, 0.6) is 0 Å². The first-order valence-corrected chi connectivity index (χ1v) is 5.41. The Morgan fingerprint density at radius 2 is 2.24 bits per heavy atom. The zero-order valence-electron chi connectivity index (χ0n) is 9.30. The van der Waals surface area contributed by atoms with Gasteiger partial charge in [0.2, 0.25) is 0 Å². The number of aliphatic imine (C=N–C) groups is 1. The molecule has 1 aliphatic heterocycles. The van der Waals surface area contributed by atoms with Crippen molar-refractivity contribution >= 4 is 22.7 Å². The van der Waals surface area contributed by atoms with Gasteiger partial charge in [-0.3, -0.25) is 15.1 Å². The summed E-state index contributed by atoms with van der Waals surface area (Å²) in [7, 11) is 0. The van der Waals surface area contributed by atoms with E-state index in [1.807, 2.05) is 13.0 Å². The van der Waals surface area contributed by atoms with E-state index in [0.717, 1.165) is 34.5 Å². The number of fused-ring (bicyclic) bond motifs is 3. The van der Waals surface area contributed by atoms with E-state index in [9.17, 15) is 10.1 Å². The molecule has 4 heteroatoms. The molecule has 0 N–H and O–H groups in total. The lowest BCUT2D eigenvalue weighted by Gasteiger charge is -2.10. The molecule has 0 bridgehead atoms. The van der Waals surface area contributed by atoms with E-state index >= 15 is 0 Å². The van der Waals surface area contributed by atoms with Crippen molar-refractivity contribution < 1.29 is 4.92 Å². The summed E-state index contributed by atoms with van der Waals surface area (Å²) in [5.41, 5.74) is 5.04. The third kappa shape index (κ3) is 1.41. The minimum Gasteiger partial charge on any atom is -0.258 e. The van der Waals surface area contributed by atoms with Crippen LogP contribution in [0.25, 0.3) is 5.57 Å². The summed E-state index contributed by atoms with van der Waals surface area (Å²) >= 11 is 0. The van der Waals surface area contributed by atoms with Gasteiger partial charge in [-0.2, -0.15) is 0 Å². The summed E-state index contributed by atoms with van der Waals surface area (Å²) < 4.78 is 0. The Morgan fingerprint density at radius 3 is 3.00 bits per heavy atom. The van der Waals surface area contributed by atoms with Crippen LogP contribution < -0.4 is 0 Å². The van der Waals surface area contributed by atoms with Gasteiger partial charge in [-0.25, -0.2) is 0 Å². The lowest BCUT2D eigenvalue weighted by Crippen LogP contribution is -2.01. The largest absolute Gasteiger partial charge is 0.270 e. The molecule has 1 heterocycles. The minimum atomic E-state index is -0.368. The summed E-state index contributed by atoms with van der Waals surface area (Å²) in [6.07, 6.45) is 4.91. The summed E-state index contributed by atoms with van der Waals surface area (Å²) in [6.45, 7) is 2.01. The molecular weight excluding hydrogens is 216 g/mol. The van der Waals surface area contributed by atoms with Crippen LogP contribution in [0.15, 0.2) is 40.9 Å². The number of rotatable bonds is 1. The van der Waals surface area contributed by atoms with Gasteiger partial charge in [0, 0.05) is 29.7 Å². The van der Waals surface area contributed by atoms with Gasteiger partial charge in [0.05, 0.1) is 16.3 Å². The molecule has 0 radical (unpaired) electrons. The van der Waals surface area contributed by atoms with Gasteiger partial charge in [0.25, 0.3) is 5.69 Å². The monoisotopic (exact) mass is 226 g/mol. The van der Waals surface area contributed by atoms with Crippen molar-refractivity contribution in [3.05, 3.63) is 51.6 Å². The average Bonchev–Trinajstić information content (AvgIpc) is 2.67.